The highest BCUT2D eigenvalue weighted by atomic mass is 19.1. The van der Waals surface area contributed by atoms with Gasteiger partial charge in [-0.15, -0.1) is 0 Å². The standard InChI is InChI=1S/C8H8F2N2O2/c1-11(2)5-3-6(9)8(12(13)14)7(10)4-5/h3-4H,1-2H3. The van der Waals surface area contributed by atoms with Crippen LogP contribution < -0.4 is 4.90 Å². The Balaban J connectivity index is 3.32. The van der Waals surface area contributed by atoms with E-state index in [4.69, 9.17) is 0 Å². The van der Waals surface area contributed by atoms with Crippen molar-refractivity contribution in [1.29, 1.82) is 0 Å². The second-order valence-electron chi connectivity index (χ2n) is 2.91. The van der Waals surface area contributed by atoms with Gasteiger partial charge in [0.25, 0.3) is 0 Å². The van der Waals surface area contributed by atoms with E-state index in [0.29, 0.717) is 0 Å². The van der Waals surface area contributed by atoms with Gasteiger partial charge < -0.3 is 4.90 Å². The van der Waals surface area contributed by atoms with Crippen molar-refractivity contribution in [3.8, 4) is 0 Å². The topological polar surface area (TPSA) is 46.4 Å². The molecular weight excluding hydrogens is 194 g/mol. The SMILES string of the molecule is CN(C)c1cc(F)c([N+](=O)[O-])c(F)c1. The van der Waals surface area contributed by atoms with Gasteiger partial charge in [-0.05, 0) is 0 Å². The molecule has 0 saturated carbocycles. The van der Waals surface area contributed by atoms with E-state index in [1.165, 1.54) is 4.90 Å². The van der Waals surface area contributed by atoms with E-state index in [-0.39, 0.29) is 5.69 Å². The molecule has 0 aliphatic rings. The molecule has 0 aromatic heterocycles. The quantitative estimate of drug-likeness (QED) is 0.543. The average Bonchev–Trinajstić information content (AvgIpc) is 2.01. The Bertz CT molecular complexity index is 357. The van der Waals surface area contributed by atoms with Crippen LogP contribution in [0.5, 0.6) is 0 Å². The summed E-state index contributed by atoms with van der Waals surface area (Å²) < 4.78 is 26.0. The van der Waals surface area contributed by atoms with E-state index in [9.17, 15) is 18.9 Å². The first-order valence-corrected chi connectivity index (χ1v) is 3.74. The fourth-order valence-corrected chi connectivity index (χ4v) is 0.985. The fourth-order valence-electron chi connectivity index (χ4n) is 0.985. The van der Waals surface area contributed by atoms with Crippen molar-refractivity contribution < 1.29 is 13.7 Å². The molecule has 0 saturated heterocycles. The first kappa shape index (κ1) is 10.4. The predicted molar refractivity (Wildman–Crippen MR) is 47.3 cm³/mol. The van der Waals surface area contributed by atoms with E-state index >= 15 is 0 Å². The van der Waals surface area contributed by atoms with Crippen LogP contribution in [0.1, 0.15) is 0 Å². The number of rotatable bonds is 2. The van der Waals surface area contributed by atoms with Gasteiger partial charge in [0.05, 0.1) is 4.92 Å². The third-order valence-electron chi connectivity index (χ3n) is 1.70. The van der Waals surface area contributed by atoms with Crippen LogP contribution in [-0.4, -0.2) is 19.0 Å². The van der Waals surface area contributed by atoms with Crippen molar-refractivity contribution in [2.45, 2.75) is 0 Å². The van der Waals surface area contributed by atoms with Crippen LogP contribution in [0.2, 0.25) is 0 Å². The summed E-state index contributed by atoms with van der Waals surface area (Å²) >= 11 is 0. The number of nitrogens with zero attached hydrogens (tertiary/aromatic N) is 2. The Hall–Kier alpha value is -1.72. The van der Waals surface area contributed by atoms with E-state index in [1.807, 2.05) is 0 Å². The third-order valence-corrected chi connectivity index (χ3v) is 1.70. The van der Waals surface area contributed by atoms with E-state index < -0.39 is 22.2 Å². The molecule has 76 valence electrons. The zero-order chi connectivity index (χ0) is 10.9. The van der Waals surface area contributed by atoms with Crippen LogP contribution in [0.4, 0.5) is 20.2 Å². The van der Waals surface area contributed by atoms with Gasteiger partial charge in [0.1, 0.15) is 0 Å². The molecule has 1 aromatic carbocycles. The number of benzene rings is 1. The average molecular weight is 202 g/mol. The fraction of sp³-hybridized carbons (Fsp3) is 0.250. The largest absolute Gasteiger partial charge is 0.377 e. The van der Waals surface area contributed by atoms with Gasteiger partial charge in [0.15, 0.2) is 0 Å². The van der Waals surface area contributed by atoms with Crippen LogP contribution >= 0.6 is 0 Å². The van der Waals surface area contributed by atoms with Crippen LogP contribution in [0.3, 0.4) is 0 Å². The molecule has 0 atom stereocenters. The Morgan fingerprint density at radius 2 is 1.71 bits per heavy atom. The second-order valence-corrected chi connectivity index (χ2v) is 2.91. The first-order valence-electron chi connectivity index (χ1n) is 3.74. The molecule has 1 aromatic rings. The summed E-state index contributed by atoms with van der Waals surface area (Å²) in [5.74, 6) is -2.34. The Morgan fingerprint density at radius 1 is 1.29 bits per heavy atom. The first-order chi connectivity index (χ1) is 6.43. The van der Waals surface area contributed by atoms with Crippen LogP contribution in [0.15, 0.2) is 12.1 Å². The van der Waals surface area contributed by atoms with Crippen LogP contribution in [-0.2, 0) is 0 Å². The van der Waals surface area contributed by atoms with Crippen molar-refractivity contribution in [3.63, 3.8) is 0 Å². The summed E-state index contributed by atoms with van der Waals surface area (Å²) in [5, 5.41) is 10.2. The van der Waals surface area contributed by atoms with Gasteiger partial charge in [-0.25, -0.2) is 0 Å². The minimum Gasteiger partial charge on any atom is -0.377 e. The van der Waals surface area contributed by atoms with E-state index in [0.717, 1.165) is 12.1 Å². The van der Waals surface area contributed by atoms with Crippen molar-refractivity contribution in [2.75, 3.05) is 19.0 Å². The minimum atomic E-state index is -1.17. The number of nitro groups is 1. The van der Waals surface area contributed by atoms with Crippen LogP contribution in [0.25, 0.3) is 0 Å². The molecule has 6 heteroatoms. The van der Waals surface area contributed by atoms with E-state index in [2.05, 4.69) is 0 Å². The molecule has 0 N–H and O–H groups in total. The van der Waals surface area contributed by atoms with Crippen LogP contribution in [0, 0.1) is 21.7 Å². The molecule has 0 fully saturated rings. The monoisotopic (exact) mass is 202 g/mol. The molecule has 14 heavy (non-hydrogen) atoms. The van der Waals surface area contributed by atoms with Gasteiger partial charge in [-0.2, -0.15) is 8.78 Å². The molecule has 0 aliphatic heterocycles. The summed E-state index contributed by atoms with van der Waals surface area (Å²) in [4.78, 5) is 10.6. The third kappa shape index (κ3) is 1.78. The van der Waals surface area contributed by atoms with E-state index in [1.54, 1.807) is 14.1 Å². The smallest absolute Gasteiger partial charge is 0.340 e. The number of nitro benzene ring substituents is 1. The second kappa shape index (κ2) is 3.57. The molecule has 4 nitrogen and oxygen atoms in total. The number of anilines is 1. The lowest BCUT2D eigenvalue weighted by Crippen LogP contribution is -2.10. The van der Waals surface area contributed by atoms with Crippen molar-refractivity contribution in [2.24, 2.45) is 0 Å². The maximum Gasteiger partial charge on any atom is 0.340 e. The van der Waals surface area contributed by atoms with Gasteiger partial charge in [0, 0.05) is 31.9 Å². The highest BCUT2D eigenvalue weighted by molar-refractivity contribution is 5.51. The lowest BCUT2D eigenvalue weighted by Gasteiger charge is -2.12. The number of hydrogen-bond donors (Lipinski definition) is 0. The maximum atomic E-state index is 13.0. The lowest BCUT2D eigenvalue weighted by molar-refractivity contribution is -0.390. The summed E-state index contributed by atoms with van der Waals surface area (Å²) in [7, 11) is 3.17. The molecule has 0 radical (unpaired) electrons. The number of hydrogen-bond acceptors (Lipinski definition) is 3. The normalized spacial score (nSPS) is 10.0. The summed E-state index contributed by atoms with van der Waals surface area (Å²) in [5.41, 5.74) is -0.874. The summed E-state index contributed by atoms with van der Waals surface area (Å²) in [6.45, 7) is 0. The summed E-state index contributed by atoms with van der Waals surface area (Å²) in [6, 6.07) is 1.84. The zero-order valence-electron chi connectivity index (χ0n) is 7.62. The molecule has 0 bridgehead atoms. The molecule has 0 spiro atoms. The van der Waals surface area contributed by atoms with Crippen molar-refractivity contribution in [3.05, 3.63) is 33.9 Å². The summed E-state index contributed by atoms with van der Waals surface area (Å²) in [6.07, 6.45) is 0. The molecule has 0 aliphatic carbocycles. The lowest BCUT2D eigenvalue weighted by atomic mass is 10.2. The predicted octanol–water partition coefficient (Wildman–Crippen LogP) is 1.94. The van der Waals surface area contributed by atoms with Gasteiger partial charge in [-0.3, -0.25) is 10.1 Å². The Morgan fingerprint density at radius 3 is 2.00 bits per heavy atom. The highest BCUT2D eigenvalue weighted by Crippen LogP contribution is 2.26. The van der Waals surface area contributed by atoms with Gasteiger partial charge >= 0.3 is 5.69 Å². The van der Waals surface area contributed by atoms with Gasteiger partial charge in [0.2, 0.25) is 11.6 Å². The highest BCUT2D eigenvalue weighted by Gasteiger charge is 2.22. The minimum absolute atomic E-state index is 0.241. The molecule has 1 rings (SSSR count). The van der Waals surface area contributed by atoms with Crippen molar-refractivity contribution >= 4 is 11.4 Å². The van der Waals surface area contributed by atoms with Crippen molar-refractivity contribution in [1.82, 2.24) is 0 Å². The molecular formula is C8H8F2N2O2. The molecule has 0 unspecified atom stereocenters. The number of halogens is 2. The van der Waals surface area contributed by atoms with Gasteiger partial charge in [-0.1, -0.05) is 0 Å². The zero-order valence-corrected chi connectivity index (χ0v) is 7.62. The molecule has 0 heterocycles. The molecule has 0 amide bonds. The Kier molecular flexibility index (Phi) is 2.64. The maximum absolute atomic E-state index is 13.0. The Labute approximate surface area is 78.9 Å².